The maximum atomic E-state index is 11.6. The lowest BCUT2D eigenvalue weighted by molar-refractivity contribution is 0.0697. The minimum absolute atomic E-state index is 0.0977. The van der Waals surface area contributed by atoms with Crippen LogP contribution < -0.4 is 5.32 Å². The number of hydrogen-bond donors (Lipinski definition) is 2. The van der Waals surface area contributed by atoms with E-state index in [0.717, 1.165) is 12.0 Å². The van der Waals surface area contributed by atoms with Crippen molar-refractivity contribution in [1.82, 2.24) is 4.98 Å². The summed E-state index contributed by atoms with van der Waals surface area (Å²) in [5.74, 6) is -0.326. The van der Waals surface area contributed by atoms with Crippen LogP contribution in [0.15, 0.2) is 67.0 Å². The van der Waals surface area contributed by atoms with Gasteiger partial charge >= 0.3 is 5.97 Å². The fourth-order valence-corrected chi connectivity index (χ4v) is 3.69. The van der Waals surface area contributed by atoms with Crippen molar-refractivity contribution in [3.05, 3.63) is 94.3 Å². The number of aromatic carboxylic acids is 1. The smallest absolute Gasteiger partial charge is 0.337 e. The molecular weight excluding hydrogens is 372 g/mol. The number of benzene rings is 2. The summed E-state index contributed by atoms with van der Waals surface area (Å²) in [4.78, 5) is 15.7. The van der Waals surface area contributed by atoms with Crippen LogP contribution in [0.25, 0.3) is 0 Å². The van der Waals surface area contributed by atoms with Crippen LogP contribution in [-0.4, -0.2) is 16.1 Å². The third-order valence-corrected chi connectivity index (χ3v) is 5.40. The Morgan fingerprint density at radius 1 is 1.14 bits per heavy atom. The second kappa shape index (κ2) is 8.03. The van der Waals surface area contributed by atoms with E-state index in [9.17, 15) is 9.90 Å². The first-order valence-electron chi connectivity index (χ1n) is 9.39. The molecule has 1 aliphatic carbocycles. The molecule has 0 spiro atoms. The monoisotopic (exact) mass is 392 g/mol. The standard InChI is InChI=1S/C23H21ClN2O2/c24-18-9-7-16(8-10-18)21(26-22-14-25-12-11-20(22)23(27)28)13-17-3-1-2-4-19(17)15-5-6-15/h1-4,7-12,14-15,21,26H,5-6,13H2,(H,27,28). The van der Waals surface area contributed by atoms with Gasteiger partial charge in [-0.15, -0.1) is 0 Å². The number of halogens is 1. The zero-order valence-corrected chi connectivity index (χ0v) is 16.1. The van der Waals surface area contributed by atoms with Crippen molar-refractivity contribution < 1.29 is 9.90 Å². The number of rotatable bonds is 7. The van der Waals surface area contributed by atoms with Crippen molar-refractivity contribution in [1.29, 1.82) is 0 Å². The topological polar surface area (TPSA) is 62.2 Å². The fraction of sp³-hybridized carbons (Fsp3) is 0.217. The lowest BCUT2D eigenvalue weighted by Crippen LogP contribution is -2.17. The van der Waals surface area contributed by atoms with Crippen LogP contribution in [0.3, 0.4) is 0 Å². The lowest BCUT2D eigenvalue weighted by Gasteiger charge is -2.23. The maximum absolute atomic E-state index is 11.6. The molecule has 142 valence electrons. The molecule has 1 aromatic heterocycles. The van der Waals surface area contributed by atoms with Gasteiger partial charge < -0.3 is 10.4 Å². The first-order chi connectivity index (χ1) is 13.6. The SMILES string of the molecule is O=C(O)c1ccncc1NC(Cc1ccccc1C1CC1)c1ccc(Cl)cc1. The van der Waals surface area contributed by atoms with E-state index in [0.29, 0.717) is 16.6 Å². The number of carboxylic acids is 1. The minimum atomic E-state index is -0.974. The van der Waals surface area contributed by atoms with E-state index in [-0.39, 0.29) is 11.6 Å². The molecule has 2 aromatic carbocycles. The molecule has 0 amide bonds. The van der Waals surface area contributed by atoms with Gasteiger partial charge in [-0.2, -0.15) is 0 Å². The Morgan fingerprint density at radius 2 is 1.89 bits per heavy atom. The molecular formula is C23H21ClN2O2. The highest BCUT2D eigenvalue weighted by Gasteiger charge is 2.27. The summed E-state index contributed by atoms with van der Waals surface area (Å²) in [7, 11) is 0. The highest BCUT2D eigenvalue weighted by atomic mass is 35.5. The normalized spacial score (nSPS) is 14.5. The average Bonchev–Trinajstić information content (AvgIpc) is 3.54. The highest BCUT2D eigenvalue weighted by molar-refractivity contribution is 6.30. The van der Waals surface area contributed by atoms with Crippen LogP contribution in [0.4, 0.5) is 5.69 Å². The Labute approximate surface area is 169 Å². The third kappa shape index (κ3) is 4.18. The van der Waals surface area contributed by atoms with Gasteiger partial charge in [0.2, 0.25) is 0 Å². The summed E-state index contributed by atoms with van der Waals surface area (Å²) in [5, 5.41) is 13.6. The van der Waals surface area contributed by atoms with Gasteiger partial charge in [0.05, 0.1) is 23.5 Å². The number of carboxylic acid groups (broad SMARTS) is 1. The first-order valence-corrected chi connectivity index (χ1v) is 9.76. The molecule has 4 nitrogen and oxygen atoms in total. The Balaban J connectivity index is 1.69. The lowest BCUT2D eigenvalue weighted by atomic mass is 9.93. The third-order valence-electron chi connectivity index (χ3n) is 5.15. The summed E-state index contributed by atoms with van der Waals surface area (Å²) in [6.07, 6.45) is 6.29. The minimum Gasteiger partial charge on any atom is -0.478 e. The van der Waals surface area contributed by atoms with Crippen LogP contribution in [0.2, 0.25) is 5.02 Å². The van der Waals surface area contributed by atoms with Gasteiger partial charge in [-0.3, -0.25) is 4.98 Å². The summed E-state index contributed by atoms with van der Waals surface area (Å²) in [5.41, 5.74) is 4.46. The zero-order chi connectivity index (χ0) is 19.5. The van der Waals surface area contributed by atoms with Crippen LogP contribution >= 0.6 is 11.6 Å². The van der Waals surface area contributed by atoms with Gasteiger partial charge in [0.15, 0.2) is 0 Å². The van der Waals surface area contributed by atoms with Crippen LogP contribution in [0.1, 0.15) is 51.8 Å². The zero-order valence-electron chi connectivity index (χ0n) is 15.3. The summed E-state index contributed by atoms with van der Waals surface area (Å²) >= 11 is 6.07. The van der Waals surface area contributed by atoms with E-state index in [1.54, 1.807) is 6.20 Å². The number of nitrogens with one attached hydrogen (secondary N) is 1. The van der Waals surface area contributed by atoms with Crippen LogP contribution in [-0.2, 0) is 6.42 Å². The maximum Gasteiger partial charge on any atom is 0.337 e. The second-order valence-corrected chi connectivity index (χ2v) is 7.59. The Hall–Kier alpha value is -2.85. The summed E-state index contributed by atoms with van der Waals surface area (Å²) < 4.78 is 0. The van der Waals surface area contributed by atoms with Gasteiger partial charge in [0.1, 0.15) is 0 Å². The van der Waals surface area contributed by atoms with Crippen molar-refractivity contribution >= 4 is 23.3 Å². The van der Waals surface area contributed by atoms with Gasteiger partial charge in [0, 0.05) is 11.2 Å². The van der Waals surface area contributed by atoms with Crippen molar-refractivity contribution in [2.75, 3.05) is 5.32 Å². The summed E-state index contributed by atoms with van der Waals surface area (Å²) in [6.45, 7) is 0. The van der Waals surface area contributed by atoms with Gasteiger partial charge in [0.25, 0.3) is 0 Å². The molecule has 0 saturated heterocycles. The van der Waals surface area contributed by atoms with E-state index < -0.39 is 5.97 Å². The van der Waals surface area contributed by atoms with Gasteiger partial charge in [-0.25, -0.2) is 4.79 Å². The second-order valence-electron chi connectivity index (χ2n) is 7.15. The molecule has 4 rings (SSSR count). The Kier molecular flexibility index (Phi) is 5.31. The molecule has 0 bridgehead atoms. The predicted molar refractivity (Wildman–Crippen MR) is 111 cm³/mol. The molecule has 0 radical (unpaired) electrons. The quantitative estimate of drug-likeness (QED) is 0.540. The molecule has 1 fully saturated rings. The molecule has 1 aliphatic rings. The molecule has 1 heterocycles. The van der Waals surface area contributed by atoms with E-state index in [1.165, 1.54) is 36.2 Å². The Morgan fingerprint density at radius 3 is 2.61 bits per heavy atom. The fourth-order valence-electron chi connectivity index (χ4n) is 3.56. The van der Waals surface area contributed by atoms with Crippen molar-refractivity contribution in [3.8, 4) is 0 Å². The molecule has 3 aromatic rings. The van der Waals surface area contributed by atoms with E-state index in [4.69, 9.17) is 11.6 Å². The first kappa shape index (κ1) is 18.5. The average molecular weight is 393 g/mol. The number of aromatic nitrogens is 1. The van der Waals surface area contributed by atoms with Crippen molar-refractivity contribution in [2.24, 2.45) is 0 Å². The number of pyridine rings is 1. The molecule has 1 saturated carbocycles. The highest BCUT2D eigenvalue weighted by Crippen LogP contribution is 2.42. The molecule has 0 aliphatic heterocycles. The van der Waals surface area contributed by atoms with Crippen LogP contribution in [0, 0.1) is 0 Å². The van der Waals surface area contributed by atoms with E-state index in [1.807, 2.05) is 24.3 Å². The van der Waals surface area contributed by atoms with Crippen molar-refractivity contribution in [2.45, 2.75) is 31.2 Å². The molecule has 2 N–H and O–H groups in total. The molecule has 1 atom stereocenters. The van der Waals surface area contributed by atoms with Crippen molar-refractivity contribution in [3.63, 3.8) is 0 Å². The predicted octanol–water partition coefficient (Wildman–Crippen LogP) is 5.71. The van der Waals surface area contributed by atoms with Gasteiger partial charge in [-0.05, 0) is 60.1 Å². The molecule has 1 unspecified atom stereocenters. The summed E-state index contributed by atoms with van der Waals surface area (Å²) in [6, 6.07) is 17.6. The Bertz CT molecular complexity index is 984. The molecule has 5 heteroatoms. The van der Waals surface area contributed by atoms with Crippen LogP contribution in [0.5, 0.6) is 0 Å². The van der Waals surface area contributed by atoms with Gasteiger partial charge in [-0.1, -0.05) is 48.0 Å². The van der Waals surface area contributed by atoms with E-state index >= 15 is 0 Å². The molecule has 28 heavy (non-hydrogen) atoms. The number of hydrogen-bond acceptors (Lipinski definition) is 3. The number of carbonyl (C=O) groups is 1. The largest absolute Gasteiger partial charge is 0.478 e. The van der Waals surface area contributed by atoms with E-state index in [2.05, 4.69) is 34.6 Å². The number of anilines is 1. The number of nitrogens with zero attached hydrogens (tertiary/aromatic N) is 1.